The number of carbonyl (C=O) groups excluding carboxylic acids is 1. The molecule has 2 unspecified atom stereocenters. The Hall–Kier alpha value is -0.370. The second-order valence-corrected chi connectivity index (χ2v) is 7.99. The predicted molar refractivity (Wildman–Crippen MR) is 71.9 cm³/mol. The van der Waals surface area contributed by atoms with E-state index >= 15 is 0 Å². The SMILES string of the molecule is O=C(CN1CCC(O)CC1)NC1CS(=O)(=O)CC1Cl. The van der Waals surface area contributed by atoms with Crippen LogP contribution in [0.4, 0.5) is 0 Å². The Morgan fingerprint density at radius 1 is 1.32 bits per heavy atom. The average molecular weight is 311 g/mol. The summed E-state index contributed by atoms with van der Waals surface area (Å²) in [6.07, 6.45) is 1.07. The number of sulfone groups is 1. The number of amides is 1. The highest BCUT2D eigenvalue weighted by Gasteiger charge is 2.37. The van der Waals surface area contributed by atoms with Crippen LogP contribution in [-0.4, -0.2) is 73.0 Å². The van der Waals surface area contributed by atoms with E-state index in [0.717, 1.165) is 0 Å². The van der Waals surface area contributed by atoms with Crippen LogP contribution in [0.15, 0.2) is 0 Å². The van der Waals surface area contributed by atoms with Crippen molar-refractivity contribution in [3.63, 3.8) is 0 Å². The molecule has 2 rings (SSSR count). The van der Waals surface area contributed by atoms with Gasteiger partial charge < -0.3 is 10.4 Å². The first-order valence-electron chi connectivity index (χ1n) is 6.40. The highest BCUT2D eigenvalue weighted by atomic mass is 35.5. The van der Waals surface area contributed by atoms with Crippen molar-refractivity contribution in [3.05, 3.63) is 0 Å². The van der Waals surface area contributed by atoms with Gasteiger partial charge in [0.15, 0.2) is 9.84 Å². The van der Waals surface area contributed by atoms with E-state index in [1.54, 1.807) is 0 Å². The molecule has 19 heavy (non-hydrogen) atoms. The van der Waals surface area contributed by atoms with Gasteiger partial charge in [-0.15, -0.1) is 11.6 Å². The molecule has 0 aliphatic carbocycles. The van der Waals surface area contributed by atoms with Gasteiger partial charge in [0.25, 0.3) is 0 Å². The van der Waals surface area contributed by atoms with Gasteiger partial charge in [-0.1, -0.05) is 0 Å². The smallest absolute Gasteiger partial charge is 0.234 e. The fourth-order valence-corrected chi connectivity index (χ4v) is 5.02. The van der Waals surface area contributed by atoms with Crippen molar-refractivity contribution in [2.24, 2.45) is 0 Å². The fourth-order valence-electron chi connectivity index (χ4n) is 2.47. The Morgan fingerprint density at radius 3 is 2.47 bits per heavy atom. The van der Waals surface area contributed by atoms with E-state index in [-0.39, 0.29) is 30.1 Å². The highest BCUT2D eigenvalue weighted by Crippen LogP contribution is 2.18. The number of hydrogen-bond donors (Lipinski definition) is 2. The number of carbonyl (C=O) groups is 1. The number of nitrogens with one attached hydrogen (secondary N) is 1. The molecule has 2 aliphatic heterocycles. The molecule has 0 aromatic carbocycles. The molecule has 6 nitrogen and oxygen atoms in total. The van der Waals surface area contributed by atoms with E-state index in [4.69, 9.17) is 11.6 Å². The van der Waals surface area contributed by atoms with Gasteiger partial charge in [-0.05, 0) is 12.8 Å². The summed E-state index contributed by atoms with van der Waals surface area (Å²) >= 11 is 5.93. The van der Waals surface area contributed by atoms with Crippen molar-refractivity contribution >= 4 is 27.3 Å². The Morgan fingerprint density at radius 2 is 1.95 bits per heavy atom. The number of aliphatic hydroxyl groups excluding tert-OH is 1. The van der Waals surface area contributed by atoms with Crippen molar-refractivity contribution in [3.8, 4) is 0 Å². The number of rotatable bonds is 3. The van der Waals surface area contributed by atoms with Crippen LogP contribution in [0.2, 0.25) is 0 Å². The molecule has 0 aromatic rings. The number of nitrogens with zero attached hydrogens (tertiary/aromatic N) is 1. The molecule has 2 saturated heterocycles. The van der Waals surface area contributed by atoms with Crippen LogP contribution in [0.25, 0.3) is 0 Å². The molecule has 1 amide bonds. The van der Waals surface area contributed by atoms with Crippen LogP contribution < -0.4 is 5.32 Å². The maximum absolute atomic E-state index is 11.8. The third kappa shape index (κ3) is 4.30. The van der Waals surface area contributed by atoms with E-state index in [9.17, 15) is 18.3 Å². The zero-order valence-electron chi connectivity index (χ0n) is 10.6. The number of hydrogen-bond acceptors (Lipinski definition) is 5. The van der Waals surface area contributed by atoms with Gasteiger partial charge in [-0.3, -0.25) is 9.69 Å². The number of piperidine rings is 1. The summed E-state index contributed by atoms with van der Waals surface area (Å²) in [6.45, 7) is 1.59. The van der Waals surface area contributed by atoms with Gasteiger partial charge in [-0.25, -0.2) is 8.42 Å². The standard InChI is InChI=1S/C11H19ClN2O4S/c12-9-6-19(17,18)7-10(9)13-11(16)5-14-3-1-8(15)2-4-14/h8-10,15H,1-7H2,(H,13,16). The van der Waals surface area contributed by atoms with Gasteiger partial charge in [0.05, 0.1) is 35.6 Å². The monoisotopic (exact) mass is 310 g/mol. The largest absolute Gasteiger partial charge is 0.393 e. The first kappa shape index (κ1) is 15.0. The summed E-state index contributed by atoms with van der Waals surface area (Å²) in [6, 6.07) is -0.491. The number of aliphatic hydroxyl groups is 1. The Balaban J connectivity index is 1.79. The molecule has 2 atom stereocenters. The maximum atomic E-state index is 11.8. The minimum atomic E-state index is -3.12. The van der Waals surface area contributed by atoms with Gasteiger partial charge >= 0.3 is 0 Å². The lowest BCUT2D eigenvalue weighted by atomic mass is 10.1. The minimum absolute atomic E-state index is 0.0740. The van der Waals surface area contributed by atoms with Gasteiger partial charge in [-0.2, -0.15) is 0 Å². The maximum Gasteiger partial charge on any atom is 0.234 e. The van der Waals surface area contributed by atoms with Crippen LogP contribution in [0.1, 0.15) is 12.8 Å². The van der Waals surface area contributed by atoms with Crippen LogP contribution in [0.5, 0.6) is 0 Å². The zero-order chi connectivity index (χ0) is 14.0. The minimum Gasteiger partial charge on any atom is -0.393 e. The van der Waals surface area contributed by atoms with Crippen LogP contribution in [-0.2, 0) is 14.6 Å². The van der Waals surface area contributed by atoms with Crippen LogP contribution >= 0.6 is 11.6 Å². The van der Waals surface area contributed by atoms with Crippen molar-refractivity contribution in [1.82, 2.24) is 10.2 Å². The van der Waals surface area contributed by atoms with E-state index < -0.39 is 21.3 Å². The first-order chi connectivity index (χ1) is 8.85. The van der Waals surface area contributed by atoms with Crippen molar-refractivity contribution in [1.29, 1.82) is 0 Å². The Labute approximate surface area is 118 Å². The molecule has 0 aromatic heterocycles. The lowest BCUT2D eigenvalue weighted by Gasteiger charge is -2.29. The van der Waals surface area contributed by atoms with E-state index in [0.29, 0.717) is 25.9 Å². The topological polar surface area (TPSA) is 86.7 Å². The summed E-state index contributed by atoms with van der Waals surface area (Å²) in [5, 5.41) is 11.5. The summed E-state index contributed by atoms with van der Waals surface area (Å²) in [7, 11) is -3.12. The normalized spacial score (nSPS) is 32.3. The van der Waals surface area contributed by atoms with Crippen molar-refractivity contribution in [2.75, 3.05) is 31.1 Å². The Kier molecular flexibility index (Phi) is 4.70. The Bertz CT molecular complexity index is 434. The molecule has 0 saturated carbocycles. The van der Waals surface area contributed by atoms with Crippen molar-refractivity contribution in [2.45, 2.75) is 30.4 Å². The van der Waals surface area contributed by atoms with Crippen LogP contribution in [0, 0.1) is 0 Å². The quantitative estimate of drug-likeness (QED) is 0.651. The van der Waals surface area contributed by atoms with E-state index in [2.05, 4.69) is 5.32 Å². The molecule has 2 N–H and O–H groups in total. The number of halogens is 1. The molecule has 0 bridgehead atoms. The zero-order valence-corrected chi connectivity index (χ0v) is 12.2. The molecule has 2 aliphatic rings. The number of likely N-dealkylation sites (tertiary alicyclic amines) is 1. The number of alkyl halides is 1. The molecule has 110 valence electrons. The average Bonchev–Trinajstić information content (AvgIpc) is 2.55. The van der Waals surface area contributed by atoms with E-state index in [1.807, 2.05) is 4.90 Å². The first-order valence-corrected chi connectivity index (χ1v) is 8.66. The molecular weight excluding hydrogens is 292 g/mol. The highest BCUT2D eigenvalue weighted by molar-refractivity contribution is 7.91. The van der Waals surface area contributed by atoms with E-state index in [1.165, 1.54) is 0 Å². The van der Waals surface area contributed by atoms with Crippen molar-refractivity contribution < 1.29 is 18.3 Å². The molecule has 2 fully saturated rings. The lowest BCUT2D eigenvalue weighted by Crippen LogP contribution is -2.47. The third-order valence-corrected chi connectivity index (χ3v) is 5.93. The lowest BCUT2D eigenvalue weighted by molar-refractivity contribution is -0.123. The summed E-state index contributed by atoms with van der Waals surface area (Å²) < 4.78 is 22.8. The summed E-state index contributed by atoms with van der Waals surface area (Å²) in [5.41, 5.74) is 0. The summed E-state index contributed by atoms with van der Waals surface area (Å²) in [5.74, 6) is -0.356. The van der Waals surface area contributed by atoms with Gasteiger partial charge in [0.1, 0.15) is 0 Å². The molecule has 2 heterocycles. The molecule has 0 radical (unpaired) electrons. The predicted octanol–water partition coefficient (Wildman–Crippen LogP) is -1.04. The second-order valence-electron chi connectivity index (χ2n) is 5.27. The fraction of sp³-hybridized carbons (Fsp3) is 0.909. The molecular formula is C11H19ClN2O4S. The van der Waals surface area contributed by atoms with Gasteiger partial charge in [0, 0.05) is 13.1 Å². The summed E-state index contributed by atoms with van der Waals surface area (Å²) in [4.78, 5) is 13.8. The van der Waals surface area contributed by atoms with Crippen LogP contribution in [0.3, 0.4) is 0 Å². The second kappa shape index (κ2) is 5.95. The molecule has 0 spiro atoms. The third-order valence-electron chi connectivity index (χ3n) is 3.55. The van der Waals surface area contributed by atoms with Gasteiger partial charge in [0.2, 0.25) is 5.91 Å². The molecule has 8 heteroatoms.